The zero-order chi connectivity index (χ0) is 24.4. The molecule has 0 saturated heterocycles. The van der Waals surface area contributed by atoms with Crippen LogP contribution in [0.5, 0.6) is 0 Å². The molecule has 2 N–H and O–H groups in total. The molecule has 0 spiro atoms. The van der Waals surface area contributed by atoms with Crippen molar-refractivity contribution < 1.29 is 19.1 Å². The van der Waals surface area contributed by atoms with E-state index in [9.17, 15) is 9.59 Å². The van der Waals surface area contributed by atoms with E-state index in [-0.39, 0.29) is 19.1 Å². The first-order valence-corrected chi connectivity index (χ1v) is 11.4. The lowest BCUT2D eigenvalue weighted by Gasteiger charge is -2.29. The van der Waals surface area contributed by atoms with Crippen LogP contribution in [0.3, 0.4) is 0 Å². The van der Waals surface area contributed by atoms with E-state index in [4.69, 9.17) is 9.47 Å². The third kappa shape index (κ3) is 7.96. The van der Waals surface area contributed by atoms with Crippen LogP contribution >= 0.6 is 0 Å². The minimum Gasteiger partial charge on any atom is -0.445 e. The first-order valence-electron chi connectivity index (χ1n) is 11.4. The highest BCUT2D eigenvalue weighted by molar-refractivity contribution is 5.69. The average Bonchev–Trinajstić information content (AvgIpc) is 2.82. The quantitative estimate of drug-likeness (QED) is 0.456. The largest absolute Gasteiger partial charge is 0.445 e. The summed E-state index contributed by atoms with van der Waals surface area (Å²) >= 11 is 0. The average molecular weight is 461 g/mol. The Morgan fingerprint density at radius 1 is 0.765 bits per heavy atom. The fourth-order valence-corrected chi connectivity index (χ4v) is 3.65. The van der Waals surface area contributed by atoms with E-state index in [1.165, 1.54) is 0 Å². The van der Waals surface area contributed by atoms with Crippen molar-refractivity contribution in [2.45, 2.75) is 44.9 Å². The van der Waals surface area contributed by atoms with Gasteiger partial charge < -0.3 is 20.1 Å². The lowest BCUT2D eigenvalue weighted by molar-refractivity contribution is 0.0519. The molecule has 2 amide bonds. The van der Waals surface area contributed by atoms with E-state index in [1.54, 1.807) is 20.8 Å². The van der Waals surface area contributed by atoms with Crippen LogP contribution in [0.15, 0.2) is 91.0 Å². The van der Waals surface area contributed by atoms with Gasteiger partial charge in [0.05, 0.1) is 6.04 Å². The van der Waals surface area contributed by atoms with Crippen molar-refractivity contribution in [3.8, 4) is 0 Å². The first-order chi connectivity index (χ1) is 16.3. The standard InChI is InChI=1S/C28H32N2O4/c1-28(2,3)34-26(31)29-19-24(30-27(32)33-20-21-13-7-4-8-14-21)25(22-15-9-5-10-16-22)23-17-11-6-12-18-23/h4-18,24-25H,19-20H2,1-3H3,(H,29,31)(H,30,32)/t24-/m1/s1. The van der Waals surface area contributed by atoms with Crippen LogP contribution in [0.1, 0.15) is 43.4 Å². The van der Waals surface area contributed by atoms with E-state index in [0.29, 0.717) is 0 Å². The second kappa shape index (κ2) is 11.9. The van der Waals surface area contributed by atoms with Gasteiger partial charge in [-0.25, -0.2) is 9.59 Å². The number of carbonyl (C=O) groups is 2. The maximum atomic E-state index is 12.8. The molecule has 3 rings (SSSR count). The minimum absolute atomic E-state index is 0.153. The summed E-state index contributed by atoms with van der Waals surface area (Å²) in [5.41, 5.74) is 2.28. The van der Waals surface area contributed by atoms with Gasteiger partial charge in [-0.3, -0.25) is 0 Å². The van der Waals surface area contributed by atoms with E-state index in [0.717, 1.165) is 16.7 Å². The maximum Gasteiger partial charge on any atom is 0.407 e. The van der Waals surface area contributed by atoms with Crippen LogP contribution in [0.4, 0.5) is 9.59 Å². The Kier molecular flexibility index (Phi) is 8.68. The smallest absolute Gasteiger partial charge is 0.407 e. The molecule has 0 saturated carbocycles. The summed E-state index contributed by atoms with van der Waals surface area (Å²) in [6.45, 7) is 5.73. The summed E-state index contributed by atoms with van der Waals surface area (Å²) in [7, 11) is 0. The first kappa shape index (κ1) is 24.8. The summed E-state index contributed by atoms with van der Waals surface area (Å²) < 4.78 is 10.9. The maximum absolute atomic E-state index is 12.8. The van der Waals surface area contributed by atoms with Crippen molar-refractivity contribution >= 4 is 12.2 Å². The Labute approximate surface area is 201 Å². The molecule has 0 aromatic heterocycles. The normalized spacial score (nSPS) is 12.0. The molecule has 3 aromatic rings. The van der Waals surface area contributed by atoms with Crippen LogP contribution in [-0.4, -0.2) is 30.4 Å². The molecule has 0 fully saturated rings. The number of hydrogen-bond donors (Lipinski definition) is 2. The van der Waals surface area contributed by atoms with Crippen LogP contribution in [0.25, 0.3) is 0 Å². The minimum atomic E-state index is -0.625. The molecule has 178 valence electrons. The van der Waals surface area contributed by atoms with Gasteiger partial charge in [-0.05, 0) is 37.5 Å². The van der Waals surface area contributed by atoms with Gasteiger partial charge in [0.15, 0.2) is 0 Å². The van der Waals surface area contributed by atoms with Gasteiger partial charge in [-0.1, -0.05) is 91.0 Å². The van der Waals surface area contributed by atoms with Crippen LogP contribution in [-0.2, 0) is 16.1 Å². The molecule has 1 atom stereocenters. The van der Waals surface area contributed by atoms with Crippen LogP contribution in [0, 0.1) is 0 Å². The summed E-state index contributed by atoms with van der Waals surface area (Å²) in [5, 5.41) is 5.78. The van der Waals surface area contributed by atoms with Crippen molar-refractivity contribution in [3.63, 3.8) is 0 Å². The lowest BCUT2D eigenvalue weighted by atomic mass is 9.85. The predicted molar refractivity (Wildman–Crippen MR) is 133 cm³/mol. The number of alkyl carbamates (subject to hydrolysis) is 2. The summed E-state index contributed by atoms with van der Waals surface area (Å²) in [6, 6.07) is 28.7. The monoisotopic (exact) mass is 460 g/mol. The van der Waals surface area contributed by atoms with Gasteiger partial charge in [-0.2, -0.15) is 0 Å². The molecule has 0 radical (unpaired) electrons. The number of ether oxygens (including phenoxy) is 2. The predicted octanol–water partition coefficient (Wildman–Crippen LogP) is 5.64. The lowest BCUT2D eigenvalue weighted by Crippen LogP contribution is -2.48. The molecule has 3 aromatic carbocycles. The van der Waals surface area contributed by atoms with Crippen LogP contribution < -0.4 is 10.6 Å². The van der Waals surface area contributed by atoms with Crippen molar-refractivity contribution in [1.29, 1.82) is 0 Å². The number of benzene rings is 3. The molecule has 34 heavy (non-hydrogen) atoms. The molecule has 0 bridgehead atoms. The zero-order valence-electron chi connectivity index (χ0n) is 19.9. The van der Waals surface area contributed by atoms with Crippen molar-refractivity contribution in [2.24, 2.45) is 0 Å². The third-order valence-electron chi connectivity index (χ3n) is 5.10. The van der Waals surface area contributed by atoms with E-state index in [2.05, 4.69) is 10.6 Å². The summed E-state index contributed by atoms with van der Waals surface area (Å²) in [4.78, 5) is 25.2. The van der Waals surface area contributed by atoms with Gasteiger partial charge in [0, 0.05) is 12.5 Å². The Bertz CT molecular complexity index is 995. The Morgan fingerprint density at radius 2 is 1.26 bits per heavy atom. The summed E-state index contributed by atoms with van der Waals surface area (Å²) in [6.07, 6.45) is -1.10. The SMILES string of the molecule is CC(C)(C)OC(=O)NC[C@@H](NC(=O)OCc1ccccc1)C(c1ccccc1)c1ccccc1. The van der Waals surface area contributed by atoms with Crippen molar-refractivity contribution in [1.82, 2.24) is 10.6 Å². The van der Waals surface area contributed by atoms with E-state index in [1.807, 2.05) is 91.0 Å². The Balaban J connectivity index is 1.82. The second-order valence-corrected chi connectivity index (χ2v) is 8.99. The molecule has 6 heteroatoms. The fourth-order valence-electron chi connectivity index (χ4n) is 3.65. The number of carbonyl (C=O) groups excluding carboxylic acids is 2. The molecular formula is C28H32N2O4. The van der Waals surface area contributed by atoms with Gasteiger partial charge in [0.1, 0.15) is 12.2 Å². The number of nitrogens with one attached hydrogen (secondary N) is 2. The van der Waals surface area contributed by atoms with Gasteiger partial charge in [-0.15, -0.1) is 0 Å². The van der Waals surface area contributed by atoms with E-state index < -0.39 is 23.8 Å². The Hall–Kier alpha value is -3.80. The highest BCUT2D eigenvalue weighted by Gasteiger charge is 2.28. The second-order valence-electron chi connectivity index (χ2n) is 8.99. The third-order valence-corrected chi connectivity index (χ3v) is 5.10. The highest BCUT2D eigenvalue weighted by atomic mass is 16.6. The van der Waals surface area contributed by atoms with Crippen LogP contribution in [0.2, 0.25) is 0 Å². The van der Waals surface area contributed by atoms with E-state index >= 15 is 0 Å². The highest BCUT2D eigenvalue weighted by Crippen LogP contribution is 2.28. The Morgan fingerprint density at radius 3 is 1.76 bits per heavy atom. The molecule has 0 aliphatic rings. The number of hydrogen-bond acceptors (Lipinski definition) is 4. The van der Waals surface area contributed by atoms with Gasteiger partial charge in [0.25, 0.3) is 0 Å². The van der Waals surface area contributed by atoms with Crippen molar-refractivity contribution in [3.05, 3.63) is 108 Å². The molecule has 0 aliphatic carbocycles. The molecule has 6 nitrogen and oxygen atoms in total. The van der Waals surface area contributed by atoms with Gasteiger partial charge >= 0.3 is 12.2 Å². The number of amides is 2. The molecular weight excluding hydrogens is 428 g/mol. The molecule has 0 heterocycles. The number of rotatable bonds is 8. The summed E-state index contributed by atoms with van der Waals surface area (Å²) in [5.74, 6) is -0.221. The molecule has 0 unspecified atom stereocenters. The fraction of sp³-hybridized carbons (Fsp3) is 0.286. The topological polar surface area (TPSA) is 76.7 Å². The molecule has 0 aliphatic heterocycles. The van der Waals surface area contributed by atoms with Gasteiger partial charge in [0.2, 0.25) is 0 Å². The zero-order valence-corrected chi connectivity index (χ0v) is 19.9. The van der Waals surface area contributed by atoms with Crippen molar-refractivity contribution in [2.75, 3.05) is 6.54 Å².